The highest BCUT2D eigenvalue weighted by molar-refractivity contribution is 5.77. The number of nitrogens with two attached hydrogens (primary N) is 1. The summed E-state index contributed by atoms with van der Waals surface area (Å²) in [6.07, 6.45) is 3.30. The van der Waals surface area contributed by atoms with Gasteiger partial charge in [-0.05, 0) is 17.7 Å². The first-order valence-corrected chi connectivity index (χ1v) is 5.08. The number of aromatic nitrogens is 5. The van der Waals surface area contributed by atoms with Gasteiger partial charge in [0, 0.05) is 22.7 Å². The number of aromatic amines is 1. The first-order valence-electron chi connectivity index (χ1n) is 5.08. The number of anilines is 1. The lowest BCUT2D eigenvalue weighted by atomic mass is 10.1. The van der Waals surface area contributed by atoms with Gasteiger partial charge in [-0.15, -0.1) is 0 Å². The van der Waals surface area contributed by atoms with Gasteiger partial charge in [0.25, 0.3) is 5.52 Å². The molecule has 0 spiro atoms. The minimum absolute atomic E-state index is 0.159. The number of nitrogen functional groups attached to an aromatic ring is 1. The Labute approximate surface area is 100 Å². The summed E-state index contributed by atoms with van der Waals surface area (Å²) in [4.78, 5) is 0.332. The van der Waals surface area contributed by atoms with Crippen LogP contribution in [-0.2, 0) is 0 Å². The molecule has 0 fully saturated rings. The van der Waals surface area contributed by atoms with E-state index in [0.717, 1.165) is 11.1 Å². The second-order valence-electron chi connectivity index (χ2n) is 3.72. The maximum Gasteiger partial charge on any atom is 0.458 e. The van der Waals surface area contributed by atoms with Crippen LogP contribution in [0.25, 0.3) is 22.2 Å². The quantitative estimate of drug-likeness (QED) is 0.440. The van der Waals surface area contributed by atoms with Crippen LogP contribution in [0.3, 0.4) is 0 Å². The molecule has 0 saturated heterocycles. The molecule has 8 heteroatoms. The molecular formula is C10H8N6O2. The zero-order chi connectivity index (χ0) is 12.7. The fraction of sp³-hybridized carbons (Fsp3) is 0. The fourth-order valence-electron chi connectivity index (χ4n) is 1.75. The van der Waals surface area contributed by atoms with Gasteiger partial charge in [0.05, 0.1) is 6.20 Å². The monoisotopic (exact) mass is 244 g/mol. The van der Waals surface area contributed by atoms with Crippen molar-refractivity contribution in [3.8, 4) is 11.1 Å². The second kappa shape index (κ2) is 3.55. The van der Waals surface area contributed by atoms with Gasteiger partial charge in [-0.1, -0.05) is 0 Å². The van der Waals surface area contributed by atoms with Crippen LogP contribution in [0.5, 0.6) is 0 Å². The van der Waals surface area contributed by atoms with Crippen molar-refractivity contribution in [2.24, 2.45) is 0 Å². The number of rotatable bonds is 1. The standard InChI is InChI=1S/C10H8N6O2/c11-10-14-16(18)8-2-1-6(3-9(8)15(10)17)7-4-12-13-5-7/h1-5H,(H2,11,14)(H,12,13). The number of benzene rings is 1. The van der Waals surface area contributed by atoms with Crippen LogP contribution >= 0.6 is 0 Å². The minimum Gasteiger partial charge on any atom is -0.739 e. The van der Waals surface area contributed by atoms with Gasteiger partial charge >= 0.3 is 5.95 Å². The van der Waals surface area contributed by atoms with E-state index < -0.39 is 0 Å². The van der Waals surface area contributed by atoms with Gasteiger partial charge in [0.1, 0.15) is 0 Å². The summed E-state index contributed by atoms with van der Waals surface area (Å²) in [6.45, 7) is 0. The van der Waals surface area contributed by atoms with E-state index in [1.54, 1.807) is 24.5 Å². The average Bonchev–Trinajstić information content (AvgIpc) is 2.89. The van der Waals surface area contributed by atoms with E-state index in [4.69, 9.17) is 5.73 Å². The molecule has 0 saturated carbocycles. The third-order valence-electron chi connectivity index (χ3n) is 2.63. The summed E-state index contributed by atoms with van der Waals surface area (Å²) in [5.74, 6) is -0.387. The molecule has 0 radical (unpaired) electrons. The lowest BCUT2D eigenvalue weighted by Crippen LogP contribution is -2.44. The number of hydrogen-bond donors (Lipinski definition) is 2. The van der Waals surface area contributed by atoms with Crippen LogP contribution < -0.4 is 15.3 Å². The zero-order valence-corrected chi connectivity index (χ0v) is 9.07. The molecule has 0 unspecified atom stereocenters. The summed E-state index contributed by atoms with van der Waals surface area (Å²) in [6, 6.07) is 4.80. The van der Waals surface area contributed by atoms with Gasteiger partial charge in [0.15, 0.2) is 5.52 Å². The van der Waals surface area contributed by atoms with Crippen LogP contribution in [0.15, 0.2) is 30.6 Å². The van der Waals surface area contributed by atoms with Crippen molar-refractivity contribution in [2.75, 3.05) is 5.73 Å². The molecule has 0 aliphatic heterocycles. The Hall–Kier alpha value is -2.90. The zero-order valence-electron chi connectivity index (χ0n) is 9.07. The van der Waals surface area contributed by atoms with Crippen molar-refractivity contribution in [1.82, 2.24) is 15.3 Å². The minimum atomic E-state index is -0.387. The highest BCUT2D eigenvalue weighted by Gasteiger charge is 2.17. The third-order valence-corrected chi connectivity index (χ3v) is 2.63. The summed E-state index contributed by atoms with van der Waals surface area (Å²) in [7, 11) is 0. The van der Waals surface area contributed by atoms with Crippen LogP contribution in [0.2, 0.25) is 0 Å². The highest BCUT2D eigenvalue weighted by atomic mass is 16.5. The molecule has 0 atom stereocenters. The van der Waals surface area contributed by atoms with Crippen molar-refractivity contribution in [3.05, 3.63) is 41.0 Å². The van der Waals surface area contributed by atoms with Crippen LogP contribution in [-0.4, -0.2) is 15.3 Å². The van der Waals surface area contributed by atoms with E-state index in [9.17, 15) is 10.4 Å². The summed E-state index contributed by atoms with van der Waals surface area (Å²) in [5, 5.41) is 33.1. The number of fused-ring (bicyclic) bond motifs is 1. The summed E-state index contributed by atoms with van der Waals surface area (Å²) >= 11 is 0. The number of nitrogens with one attached hydrogen (secondary N) is 1. The van der Waals surface area contributed by atoms with Crippen molar-refractivity contribution in [2.45, 2.75) is 0 Å². The number of H-pyrrole nitrogens is 1. The smallest absolute Gasteiger partial charge is 0.458 e. The van der Waals surface area contributed by atoms with Gasteiger partial charge in [-0.3, -0.25) is 10.8 Å². The maximum absolute atomic E-state index is 11.8. The molecule has 1 aromatic carbocycles. The SMILES string of the molecule is Nc1n[n+]([O-])c2ccc(-c3cn[nH]c3)cc2[n+]1[O-]. The van der Waals surface area contributed by atoms with Gasteiger partial charge < -0.3 is 10.4 Å². The summed E-state index contributed by atoms with van der Waals surface area (Å²) in [5.41, 5.74) is 7.24. The molecule has 18 heavy (non-hydrogen) atoms. The van der Waals surface area contributed by atoms with Crippen molar-refractivity contribution >= 4 is 17.0 Å². The molecule has 2 heterocycles. The maximum atomic E-state index is 11.8. The number of nitrogens with zero attached hydrogens (tertiary/aromatic N) is 4. The lowest BCUT2D eigenvalue weighted by Gasteiger charge is -2.07. The first kappa shape index (κ1) is 10.3. The van der Waals surface area contributed by atoms with Gasteiger partial charge in [0.2, 0.25) is 5.10 Å². The van der Waals surface area contributed by atoms with E-state index in [1.165, 1.54) is 6.07 Å². The molecule has 3 N–H and O–H groups in total. The van der Waals surface area contributed by atoms with Crippen molar-refractivity contribution < 1.29 is 9.58 Å². The molecular weight excluding hydrogens is 236 g/mol. The Balaban J connectivity index is 2.32. The van der Waals surface area contributed by atoms with Crippen LogP contribution in [0, 0.1) is 10.4 Å². The molecule has 0 bridgehead atoms. The fourth-order valence-corrected chi connectivity index (χ4v) is 1.75. The summed E-state index contributed by atoms with van der Waals surface area (Å²) < 4.78 is 0.424. The molecule has 0 aliphatic carbocycles. The van der Waals surface area contributed by atoms with Crippen LogP contribution in [0.4, 0.5) is 5.95 Å². The van der Waals surface area contributed by atoms with E-state index in [2.05, 4.69) is 15.3 Å². The van der Waals surface area contributed by atoms with Crippen molar-refractivity contribution in [3.63, 3.8) is 0 Å². The Morgan fingerprint density at radius 1 is 1.17 bits per heavy atom. The normalized spacial score (nSPS) is 10.9. The van der Waals surface area contributed by atoms with E-state index in [1.807, 2.05) is 0 Å². The van der Waals surface area contributed by atoms with Gasteiger partial charge in [-0.2, -0.15) is 5.10 Å². The highest BCUT2D eigenvalue weighted by Crippen LogP contribution is 2.20. The lowest BCUT2D eigenvalue weighted by molar-refractivity contribution is -0.671. The topological polar surface area (TPSA) is 121 Å². The predicted molar refractivity (Wildman–Crippen MR) is 61.7 cm³/mol. The third kappa shape index (κ3) is 1.39. The largest absolute Gasteiger partial charge is 0.739 e. The molecule has 90 valence electrons. The van der Waals surface area contributed by atoms with Gasteiger partial charge in [-0.25, -0.2) is 4.73 Å². The molecule has 3 aromatic rings. The van der Waals surface area contributed by atoms with Crippen molar-refractivity contribution in [1.29, 1.82) is 0 Å². The predicted octanol–water partition coefficient (Wildman–Crippen LogP) is -0.526. The van der Waals surface area contributed by atoms with E-state index in [-0.39, 0.29) is 17.0 Å². The first-order chi connectivity index (χ1) is 8.66. The Morgan fingerprint density at radius 3 is 2.72 bits per heavy atom. The Bertz CT molecular complexity index is 725. The molecule has 0 aliphatic rings. The molecule has 0 amide bonds. The number of hydrogen-bond acceptors (Lipinski definition) is 5. The average molecular weight is 244 g/mol. The van der Waals surface area contributed by atoms with E-state index >= 15 is 0 Å². The molecule has 8 nitrogen and oxygen atoms in total. The van der Waals surface area contributed by atoms with E-state index in [0.29, 0.717) is 9.58 Å². The molecule has 3 rings (SSSR count). The van der Waals surface area contributed by atoms with Crippen LogP contribution in [0.1, 0.15) is 0 Å². The second-order valence-corrected chi connectivity index (χ2v) is 3.72. The molecule has 2 aromatic heterocycles. The Kier molecular flexibility index (Phi) is 2.03. The Morgan fingerprint density at radius 2 is 2.00 bits per heavy atom.